The van der Waals surface area contributed by atoms with Crippen molar-refractivity contribution >= 4 is 77.6 Å². The van der Waals surface area contributed by atoms with Crippen LogP contribution in [0.25, 0.3) is 43.2 Å². The number of pyridine rings is 2. The molecule has 6 aromatic heterocycles. The molecule has 0 spiro atoms. The van der Waals surface area contributed by atoms with Crippen LogP contribution >= 0.6 is 22.7 Å². The number of carbonyl (C=O) groups is 2. The van der Waals surface area contributed by atoms with E-state index in [4.69, 9.17) is 4.98 Å². The van der Waals surface area contributed by atoms with Crippen LogP contribution in [0.4, 0.5) is 11.4 Å². The number of amides is 1. The van der Waals surface area contributed by atoms with Crippen LogP contribution in [0.1, 0.15) is 55.2 Å². The number of nitrogens with zero attached hydrogens (tertiary/aromatic N) is 9. The van der Waals surface area contributed by atoms with Gasteiger partial charge in [0.1, 0.15) is 31.9 Å². The van der Waals surface area contributed by atoms with Crippen LogP contribution in [0.5, 0.6) is 0 Å². The van der Waals surface area contributed by atoms with E-state index in [9.17, 15) is 28.5 Å². The fraction of sp³-hybridized carbons (Fsp3) is 0.400. The van der Waals surface area contributed by atoms with Crippen LogP contribution in [-0.2, 0) is 14.6 Å². The predicted octanol–water partition coefficient (Wildman–Crippen LogP) is 5.97. The number of rotatable bonds is 12. The molecule has 0 aliphatic carbocycles. The molecule has 16 nitrogen and oxygen atoms in total. The number of anilines is 2. The highest BCUT2D eigenvalue weighted by atomic mass is 32.2. The zero-order valence-corrected chi connectivity index (χ0v) is 35.1. The first-order valence-electron chi connectivity index (χ1n) is 19.3. The molecule has 2 aliphatic rings. The topological polar surface area (TPSA) is 219 Å². The van der Waals surface area contributed by atoms with E-state index >= 15 is 0 Å². The molecule has 2 saturated heterocycles. The van der Waals surface area contributed by atoms with Crippen molar-refractivity contribution in [3.63, 3.8) is 0 Å². The molecular weight excluding hydrogens is 809 g/mol. The van der Waals surface area contributed by atoms with Crippen LogP contribution in [0.15, 0.2) is 53.5 Å². The molecule has 1 amide bonds. The second-order valence-electron chi connectivity index (χ2n) is 15.4. The van der Waals surface area contributed by atoms with Crippen LogP contribution in [0.2, 0.25) is 0 Å². The Labute approximate surface area is 348 Å². The zero-order valence-electron chi connectivity index (χ0n) is 32.7. The molecular formula is C40H42N12O4S3. The summed E-state index contributed by atoms with van der Waals surface area (Å²) in [5.41, 5.74) is 4.32. The van der Waals surface area contributed by atoms with Gasteiger partial charge in [-0.3, -0.25) is 9.59 Å². The average molecular weight is 851 g/mol. The molecule has 6 aromatic rings. The lowest BCUT2D eigenvalue weighted by molar-refractivity contribution is -0.131. The van der Waals surface area contributed by atoms with E-state index in [1.54, 1.807) is 23.5 Å². The molecule has 0 saturated carbocycles. The molecule has 0 bridgehead atoms. The third-order valence-corrected chi connectivity index (χ3v) is 14.8. The third-order valence-electron chi connectivity index (χ3n) is 10.9. The summed E-state index contributed by atoms with van der Waals surface area (Å²) >= 11 is 2.39. The lowest BCUT2D eigenvalue weighted by atomic mass is 9.95. The molecule has 8 heterocycles. The Balaban J connectivity index is 1.18. The van der Waals surface area contributed by atoms with Gasteiger partial charge in [0.25, 0.3) is 0 Å². The Morgan fingerprint density at radius 1 is 0.898 bits per heavy atom. The summed E-state index contributed by atoms with van der Waals surface area (Å²) in [6.45, 7) is 6.72. The van der Waals surface area contributed by atoms with Gasteiger partial charge in [-0.15, -0.1) is 22.7 Å². The van der Waals surface area contributed by atoms with Crippen molar-refractivity contribution in [3.8, 4) is 33.3 Å². The van der Waals surface area contributed by atoms with E-state index in [1.165, 1.54) is 30.7 Å². The Bertz CT molecular complexity index is 2760. The molecule has 304 valence electrons. The van der Waals surface area contributed by atoms with Gasteiger partial charge in [0.2, 0.25) is 5.91 Å². The Morgan fingerprint density at radius 2 is 1.63 bits per heavy atom. The quantitative estimate of drug-likeness (QED) is 0.121. The van der Waals surface area contributed by atoms with Gasteiger partial charge in [-0.1, -0.05) is 6.92 Å². The number of ketones is 1. The smallest absolute Gasteiger partial charge is 0.236 e. The fourth-order valence-corrected chi connectivity index (χ4v) is 10.9. The average Bonchev–Trinajstić information content (AvgIpc) is 4.04. The largest absolute Gasteiger partial charge is 0.380 e. The maximum absolute atomic E-state index is 13.5. The summed E-state index contributed by atoms with van der Waals surface area (Å²) in [5, 5.41) is 29.2. The third kappa shape index (κ3) is 8.28. The van der Waals surface area contributed by atoms with Gasteiger partial charge in [-0.2, -0.15) is 10.5 Å². The van der Waals surface area contributed by atoms with E-state index in [2.05, 4.69) is 53.0 Å². The number of H-pyrrole nitrogens is 1. The number of aromatic amines is 1. The van der Waals surface area contributed by atoms with Gasteiger partial charge < -0.3 is 30.0 Å². The number of Topliss-reactive ketones (excluding diaryl/α,β-unsaturated/α-hetero) is 1. The summed E-state index contributed by atoms with van der Waals surface area (Å²) in [5.74, 6) is 0.0318. The van der Waals surface area contributed by atoms with Crippen molar-refractivity contribution < 1.29 is 18.0 Å². The lowest BCUT2D eigenvalue weighted by Gasteiger charge is -2.39. The summed E-state index contributed by atoms with van der Waals surface area (Å²) in [7, 11) is -3.48. The monoisotopic (exact) mass is 850 g/mol. The minimum absolute atomic E-state index is 0.0334. The minimum Gasteiger partial charge on any atom is -0.380 e. The molecule has 1 unspecified atom stereocenters. The van der Waals surface area contributed by atoms with Crippen molar-refractivity contribution in [2.24, 2.45) is 5.92 Å². The van der Waals surface area contributed by atoms with Gasteiger partial charge in [0.05, 0.1) is 51.8 Å². The number of thiazole rings is 2. The van der Waals surface area contributed by atoms with Crippen LogP contribution < -0.4 is 10.6 Å². The number of piperidine rings is 2. The molecule has 4 atom stereocenters. The highest BCUT2D eigenvalue weighted by molar-refractivity contribution is 7.92. The minimum atomic E-state index is -3.48. The number of sulfone groups is 1. The standard InChI is InChI=1S/C40H42N12O4S3/c1-23-13-25(20-50(19-23)11-4-8-41)48-36-29-7-12-52(38(29)45-16-31(36)40-47-18-34(58-40)59(3,55)56)27-14-26(21-51(22-27)33(54)5-9-42)49-35-28-6-10-43-37(28)44-15-30(35)39-46-17-32(57-39)24(2)53/h6-7,10,12,15-18,23,25-27H,4-5,11,13-14,19-22H2,1-3H3,(H,45,48)(H2,43,44,49)/t23-,25+,26+,27?/m0/s1. The molecule has 0 radical (unpaired) electrons. The normalized spacial score (nSPS) is 20.1. The van der Waals surface area contributed by atoms with Crippen LogP contribution in [0.3, 0.4) is 0 Å². The molecule has 8 rings (SSSR count). The number of carbonyl (C=O) groups excluding carboxylic acids is 2. The summed E-state index contributed by atoms with van der Waals surface area (Å²) in [4.78, 5) is 52.1. The molecule has 3 N–H and O–H groups in total. The first-order chi connectivity index (χ1) is 28.4. The number of nitriles is 2. The summed E-state index contributed by atoms with van der Waals surface area (Å²) in [6, 6.07) is 7.71. The second-order valence-corrected chi connectivity index (χ2v) is 19.7. The van der Waals surface area contributed by atoms with Gasteiger partial charge in [-0.25, -0.2) is 28.4 Å². The molecule has 59 heavy (non-hydrogen) atoms. The maximum Gasteiger partial charge on any atom is 0.236 e. The number of hydrogen-bond donors (Lipinski definition) is 3. The van der Waals surface area contributed by atoms with Crippen molar-refractivity contribution in [2.75, 3.05) is 49.6 Å². The maximum atomic E-state index is 13.5. The highest BCUT2D eigenvalue weighted by Gasteiger charge is 2.34. The van der Waals surface area contributed by atoms with E-state index < -0.39 is 9.84 Å². The van der Waals surface area contributed by atoms with Crippen molar-refractivity contribution in [1.82, 2.24) is 39.3 Å². The van der Waals surface area contributed by atoms with Crippen molar-refractivity contribution in [1.29, 1.82) is 10.5 Å². The van der Waals surface area contributed by atoms with Gasteiger partial charge >= 0.3 is 0 Å². The first kappa shape index (κ1) is 40.1. The first-order valence-corrected chi connectivity index (χ1v) is 22.8. The van der Waals surface area contributed by atoms with E-state index in [0.29, 0.717) is 70.1 Å². The summed E-state index contributed by atoms with van der Waals surface area (Å²) < 4.78 is 27.2. The number of hydrogen-bond acceptors (Lipinski definition) is 15. The lowest BCUT2D eigenvalue weighted by Crippen LogP contribution is -2.49. The van der Waals surface area contributed by atoms with E-state index in [-0.39, 0.29) is 40.4 Å². The van der Waals surface area contributed by atoms with Gasteiger partial charge in [-0.05, 0) is 30.9 Å². The fourth-order valence-electron chi connectivity index (χ4n) is 8.29. The van der Waals surface area contributed by atoms with Gasteiger partial charge in [0, 0.05) is 106 Å². The summed E-state index contributed by atoms with van der Waals surface area (Å²) in [6.07, 6.45) is 13.0. The van der Waals surface area contributed by atoms with E-state index in [1.807, 2.05) is 30.6 Å². The second kappa shape index (κ2) is 16.5. The number of fused-ring (bicyclic) bond motifs is 2. The molecule has 2 fully saturated rings. The SMILES string of the molecule is CC(=O)c1cnc(-c2cnc3[nH]ccc3c2N[C@@H]2CC(n3ccc4c(N[C@@H]5C[C@H](C)CN(CCC#N)C5)c(-c5ncc(S(C)(=O)=O)s5)cnc43)CN(C(=O)CC#N)C2)s1. The van der Waals surface area contributed by atoms with Crippen LogP contribution in [-0.4, -0.2) is 110 Å². The number of aromatic nitrogens is 6. The molecule has 2 aliphatic heterocycles. The number of likely N-dealkylation sites (tertiary alicyclic amines) is 2. The molecule has 0 aromatic carbocycles. The predicted molar refractivity (Wildman–Crippen MR) is 227 cm³/mol. The van der Waals surface area contributed by atoms with Crippen LogP contribution in [0, 0.1) is 28.6 Å². The zero-order chi connectivity index (χ0) is 41.4. The Morgan fingerprint density at radius 3 is 2.34 bits per heavy atom. The molecule has 19 heteroatoms. The Kier molecular flexibility index (Phi) is 11.2. The highest BCUT2D eigenvalue weighted by Crippen LogP contribution is 2.41. The van der Waals surface area contributed by atoms with Crippen molar-refractivity contribution in [3.05, 3.63) is 54.2 Å². The van der Waals surface area contributed by atoms with Gasteiger partial charge in [0.15, 0.2) is 15.6 Å². The van der Waals surface area contributed by atoms with Crippen molar-refractivity contribution in [2.45, 2.75) is 61.9 Å². The van der Waals surface area contributed by atoms with E-state index in [0.717, 1.165) is 58.6 Å². The Hall–Kier alpha value is -5.73. The number of nitrogens with one attached hydrogen (secondary N) is 3.